The van der Waals surface area contributed by atoms with Gasteiger partial charge in [0.1, 0.15) is 5.78 Å². The van der Waals surface area contributed by atoms with E-state index in [0.717, 1.165) is 0 Å². The molecular weight excluding hydrogens is 340 g/mol. The molecule has 0 heterocycles. The summed E-state index contributed by atoms with van der Waals surface area (Å²) in [5.74, 6) is 0.000000000000000222. The van der Waals surface area contributed by atoms with Gasteiger partial charge in [0.05, 0.1) is 0 Å². The summed E-state index contributed by atoms with van der Waals surface area (Å²) in [6, 6.07) is 0. The fraction of sp³-hybridized carbons (Fsp3) is 0.667. The minimum absolute atomic E-state index is 0. The van der Waals surface area contributed by atoms with E-state index in [1.54, 1.807) is 20.3 Å². The molecule has 0 aliphatic heterocycles. The third-order valence-electron chi connectivity index (χ3n) is 1.36. The maximum Gasteiger partial charge on any atom is 0.118 e. The summed E-state index contributed by atoms with van der Waals surface area (Å²) in [5.41, 5.74) is 4.73. The summed E-state index contributed by atoms with van der Waals surface area (Å²) in [6.07, 6.45) is 1.69. The molecule has 52 valence electrons. The van der Waals surface area contributed by atoms with Crippen molar-refractivity contribution < 1.29 is 35.9 Å². The van der Waals surface area contributed by atoms with Crippen molar-refractivity contribution >= 4 is 5.78 Å². The minimum Gasteiger partial charge on any atom is -0.347 e. The van der Waals surface area contributed by atoms with Gasteiger partial charge in [-0.05, 0) is 6.92 Å². The molecule has 0 aromatic rings. The summed E-state index contributed by atoms with van der Waals surface area (Å²) in [4.78, 5) is 10.5. The van der Waals surface area contributed by atoms with Crippen LogP contribution >= 0.6 is 0 Å². The molecule has 0 amide bonds. The third-order valence-corrected chi connectivity index (χ3v) is 1.36. The standard InChI is InChI=1S/C6H12NO.U/c1-4-6(3,7)5(2)8;/h4H,7H2,1-3H3;/q-1;. The normalized spacial score (nSPS) is 15.6. The number of nitrogens with two attached hydrogens (primary N) is 1. The van der Waals surface area contributed by atoms with Crippen LogP contribution in [0.5, 0.6) is 0 Å². The van der Waals surface area contributed by atoms with Crippen LogP contribution < -0.4 is 5.73 Å². The molecule has 0 bridgehead atoms. The van der Waals surface area contributed by atoms with E-state index in [0.29, 0.717) is 0 Å². The number of hydrogen-bond donors (Lipinski definition) is 1. The van der Waals surface area contributed by atoms with Crippen LogP contribution in [0, 0.1) is 37.5 Å². The van der Waals surface area contributed by atoms with Crippen molar-refractivity contribution in [2.45, 2.75) is 26.3 Å². The Bertz CT molecular complexity index is 101. The number of Topliss-reactive ketones (excluding diaryl/α,β-unsaturated/α-hetero) is 1. The van der Waals surface area contributed by atoms with E-state index in [-0.39, 0.29) is 36.9 Å². The molecule has 0 aliphatic rings. The number of carbonyl (C=O) groups excluding carboxylic acids is 1. The Balaban J connectivity index is 0. The maximum absolute atomic E-state index is 10.5. The van der Waals surface area contributed by atoms with Crippen molar-refractivity contribution in [2.75, 3.05) is 0 Å². The molecule has 3 heteroatoms. The molecule has 0 fully saturated rings. The molecule has 0 saturated heterocycles. The summed E-state index contributed by atoms with van der Waals surface area (Å²) < 4.78 is 0. The fourth-order valence-corrected chi connectivity index (χ4v) is 0.203. The van der Waals surface area contributed by atoms with Crippen LogP contribution in [0.4, 0.5) is 0 Å². The Morgan fingerprint density at radius 2 is 2.00 bits per heavy atom. The molecule has 9 heavy (non-hydrogen) atoms. The molecule has 0 aromatic carbocycles. The second-order valence-corrected chi connectivity index (χ2v) is 2.13. The van der Waals surface area contributed by atoms with Gasteiger partial charge in [0.2, 0.25) is 0 Å². The quantitative estimate of drug-likeness (QED) is 0.737. The first-order valence-corrected chi connectivity index (χ1v) is 2.61. The van der Waals surface area contributed by atoms with Crippen LogP contribution in [0.2, 0.25) is 0 Å². The second kappa shape index (κ2) is 4.49. The van der Waals surface area contributed by atoms with Crippen LogP contribution in [0.3, 0.4) is 0 Å². The van der Waals surface area contributed by atoms with Gasteiger partial charge in [-0.1, -0.05) is 12.5 Å². The van der Waals surface area contributed by atoms with Gasteiger partial charge in [0.15, 0.2) is 0 Å². The molecule has 1 unspecified atom stereocenters. The number of rotatable bonds is 2. The Labute approximate surface area is 79.9 Å². The van der Waals surface area contributed by atoms with Gasteiger partial charge in [-0.25, -0.2) is 0 Å². The first kappa shape index (κ1) is 12.4. The smallest absolute Gasteiger partial charge is 0.118 e. The van der Waals surface area contributed by atoms with Crippen molar-refractivity contribution in [3.8, 4) is 0 Å². The zero-order chi connectivity index (χ0) is 6.78. The summed E-state index contributed by atoms with van der Waals surface area (Å²) in [6.45, 7) is 4.96. The number of ketones is 1. The molecule has 0 aliphatic carbocycles. The van der Waals surface area contributed by atoms with Gasteiger partial charge in [-0.2, -0.15) is 6.92 Å². The van der Waals surface area contributed by atoms with E-state index in [1.165, 1.54) is 6.92 Å². The van der Waals surface area contributed by atoms with Crippen LogP contribution in [0.25, 0.3) is 0 Å². The first-order valence-electron chi connectivity index (χ1n) is 2.61. The second-order valence-electron chi connectivity index (χ2n) is 2.13. The van der Waals surface area contributed by atoms with E-state index in [2.05, 4.69) is 0 Å². The molecule has 2 N–H and O–H groups in total. The predicted molar refractivity (Wildman–Crippen MR) is 33.2 cm³/mol. The van der Waals surface area contributed by atoms with Gasteiger partial charge < -0.3 is 16.9 Å². The van der Waals surface area contributed by atoms with Crippen molar-refractivity contribution in [3.05, 3.63) is 6.42 Å². The number of hydrogen-bond acceptors (Lipinski definition) is 2. The summed E-state index contributed by atoms with van der Waals surface area (Å²) in [7, 11) is 0. The van der Waals surface area contributed by atoms with Gasteiger partial charge in [0, 0.05) is 31.1 Å². The van der Waals surface area contributed by atoms with Crippen molar-refractivity contribution in [3.63, 3.8) is 0 Å². The Morgan fingerprint density at radius 1 is 1.67 bits per heavy atom. The molecule has 2 nitrogen and oxygen atoms in total. The average Bonchev–Trinajstić information content (AvgIpc) is 1.67. The van der Waals surface area contributed by atoms with E-state index < -0.39 is 5.54 Å². The van der Waals surface area contributed by atoms with Crippen LogP contribution in [-0.4, -0.2) is 11.3 Å². The molecule has 0 rings (SSSR count). The predicted octanol–water partition coefficient (Wildman–Crippen LogP) is 0.517. The topological polar surface area (TPSA) is 43.1 Å². The van der Waals surface area contributed by atoms with Gasteiger partial charge in [0.25, 0.3) is 0 Å². The third kappa shape index (κ3) is 4.14. The van der Waals surface area contributed by atoms with Gasteiger partial charge >= 0.3 is 0 Å². The molecular formula is C6H12NOU-. The monoisotopic (exact) mass is 352 g/mol. The molecule has 0 saturated carbocycles. The Morgan fingerprint density at radius 3 is 2.00 bits per heavy atom. The zero-order valence-electron chi connectivity index (χ0n) is 6.06. The van der Waals surface area contributed by atoms with Gasteiger partial charge in [-0.3, -0.25) is 0 Å². The van der Waals surface area contributed by atoms with E-state index >= 15 is 0 Å². The summed E-state index contributed by atoms with van der Waals surface area (Å²) in [5, 5.41) is 0. The first-order chi connectivity index (χ1) is 3.50. The minimum atomic E-state index is -0.722. The van der Waals surface area contributed by atoms with E-state index in [1.807, 2.05) is 0 Å². The number of carbonyl (C=O) groups is 1. The van der Waals surface area contributed by atoms with E-state index in [9.17, 15) is 4.79 Å². The van der Waals surface area contributed by atoms with Crippen LogP contribution in [-0.2, 0) is 4.79 Å². The molecule has 0 aromatic heterocycles. The zero-order valence-corrected chi connectivity index (χ0v) is 10.2. The molecule has 1 atom stereocenters. The molecule has 0 spiro atoms. The Kier molecular flexibility index (Phi) is 6.17. The van der Waals surface area contributed by atoms with Crippen LogP contribution in [0.15, 0.2) is 0 Å². The Hall–Kier alpha value is 0.682. The largest absolute Gasteiger partial charge is 0.347 e. The summed E-state index contributed by atoms with van der Waals surface area (Å²) >= 11 is 0. The molecule has 0 radical (unpaired) electrons. The van der Waals surface area contributed by atoms with Gasteiger partial charge in [-0.15, -0.1) is 0 Å². The maximum atomic E-state index is 10.5. The average molecular weight is 352 g/mol. The van der Waals surface area contributed by atoms with Crippen molar-refractivity contribution in [2.24, 2.45) is 5.73 Å². The van der Waals surface area contributed by atoms with Crippen molar-refractivity contribution in [1.29, 1.82) is 0 Å². The van der Waals surface area contributed by atoms with Crippen molar-refractivity contribution in [1.82, 2.24) is 0 Å². The van der Waals surface area contributed by atoms with E-state index in [4.69, 9.17) is 5.73 Å². The fourth-order valence-electron chi connectivity index (χ4n) is 0.203. The SMILES string of the molecule is C[CH-]C(C)(N)C(C)=O.[U]. The van der Waals surface area contributed by atoms with Crippen LogP contribution in [0.1, 0.15) is 20.8 Å².